The highest BCUT2D eigenvalue weighted by molar-refractivity contribution is 9.10. The summed E-state index contributed by atoms with van der Waals surface area (Å²) in [5.74, 6) is 0. The lowest BCUT2D eigenvalue weighted by Gasteiger charge is -2.37. The Bertz CT molecular complexity index is 608. The molecule has 0 spiro atoms. The third-order valence-electron chi connectivity index (χ3n) is 4.13. The van der Waals surface area contributed by atoms with Gasteiger partial charge in [-0.1, -0.05) is 6.07 Å². The zero-order chi connectivity index (χ0) is 16.2. The van der Waals surface area contributed by atoms with E-state index in [1.54, 1.807) is 19.2 Å². The zero-order valence-corrected chi connectivity index (χ0v) is 15.4. The van der Waals surface area contributed by atoms with Crippen LogP contribution >= 0.6 is 15.9 Å². The molecule has 0 aliphatic carbocycles. The Morgan fingerprint density at radius 2 is 2.05 bits per heavy atom. The van der Waals surface area contributed by atoms with Crippen LogP contribution in [0.15, 0.2) is 27.6 Å². The summed E-state index contributed by atoms with van der Waals surface area (Å²) < 4.78 is 33.9. The van der Waals surface area contributed by atoms with Crippen molar-refractivity contribution in [3.63, 3.8) is 0 Å². The van der Waals surface area contributed by atoms with Gasteiger partial charge in [0.05, 0.1) is 11.5 Å². The van der Waals surface area contributed by atoms with Gasteiger partial charge in [-0.2, -0.15) is 0 Å². The Morgan fingerprint density at radius 3 is 2.68 bits per heavy atom. The highest BCUT2D eigenvalue weighted by Gasteiger charge is 2.33. The van der Waals surface area contributed by atoms with Gasteiger partial charge >= 0.3 is 0 Å². The molecule has 7 heteroatoms. The summed E-state index contributed by atoms with van der Waals surface area (Å²) in [5, 5.41) is 3.30. The van der Waals surface area contributed by atoms with Gasteiger partial charge in [-0.15, -0.1) is 0 Å². The molecule has 1 saturated heterocycles. The average molecular weight is 391 g/mol. The minimum Gasteiger partial charge on any atom is -0.384 e. The van der Waals surface area contributed by atoms with Crippen LogP contribution in [0.4, 0.5) is 0 Å². The van der Waals surface area contributed by atoms with Crippen molar-refractivity contribution in [3.8, 4) is 0 Å². The normalized spacial score (nSPS) is 18.3. The lowest BCUT2D eigenvalue weighted by atomic mass is 9.80. The number of methoxy groups -OCH3 is 1. The van der Waals surface area contributed by atoms with Gasteiger partial charge in [-0.25, -0.2) is 13.1 Å². The molecule has 0 aromatic heterocycles. The predicted octanol–water partition coefficient (Wildman–Crippen LogP) is 2.05. The Hall–Kier alpha value is -0.470. The van der Waals surface area contributed by atoms with Crippen LogP contribution in [0.3, 0.4) is 0 Å². The fourth-order valence-electron chi connectivity index (χ4n) is 2.78. The van der Waals surface area contributed by atoms with E-state index in [9.17, 15) is 8.42 Å². The molecule has 0 saturated carbocycles. The highest BCUT2D eigenvalue weighted by atomic mass is 79.9. The zero-order valence-electron chi connectivity index (χ0n) is 13.0. The molecule has 0 unspecified atom stereocenters. The van der Waals surface area contributed by atoms with E-state index < -0.39 is 10.0 Å². The number of sulfonamides is 1. The fourth-order valence-corrected chi connectivity index (χ4v) is 4.98. The van der Waals surface area contributed by atoms with Crippen molar-refractivity contribution < 1.29 is 13.2 Å². The van der Waals surface area contributed by atoms with Crippen LogP contribution in [0.1, 0.15) is 18.4 Å². The van der Waals surface area contributed by atoms with E-state index in [-0.39, 0.29) is 10.3 Å². The first-order chi connectivity index (χ1) is 10.4. The quantitative estimate of drug-likeness (QED) is 0.779. The van der Waals surface area contributed by atoms with Crippen molar-refractivity contribution in [2.24, 2.45) is 5.41 Å². The van der Waals surface area contributed by atoms with E-state index in [1.165, 1.54) is 0 Å². The van der Waals surface area contributed by atoms with E-state index in [0.717, 1.165) is 31.5 Å². The Morgan fingerprint density at radius 1 is 1.36 bits per heavy atom. The average Bonchev–Trinajstić information content (AvgIpc) is 2.49. The van der Waals surface area contributed by atoms with Gasteiger partial charge in [0.2, 0.25) is 10.0 Å². The van der Waals surface area contributed by atoms with Gasteiger partial charge in [-0.05, 0) is 66.5 Å². The molecule has 22 heavy (non-hydrogen) atoms. The van der Waals surface area contributed by atoms with Crippen LogP contribution in [0.25, 0.3) is 0 Å². The SMILES string of the molecule is COCC1(CNS(=O)(=O)c2cc(C)ccc2Br)CCNCC1. The largest absolute Gasteiger partial charge is 0.384 e. The summed E-state index contributed by atoms with van der Waals surface area (Å²) in [6, 6.07) is 5.32. The molecule has 0 radical (unpaired) electrons. The van der Waals surface area contributed by atoms with Gasteiger partial charge in [0.1, 0.15) is 0 Å². The summed E-state index contributed by atoms with van der Waals surface area (Å²) in [6.45, 7) is 4.61. The molecule has 5 nitrogen and oxygen atoms in total. The van der Waals surface area contributed by atoms with E-state index in [0.29, 0.717) is 17.6 Å². The summed E-state index contributed by atoms with van der Waals surface area (Å²) in [4.78, 5) is 0.286. The smallest absolute Gasteiger partial charge is 0.241 e. The first kappa shape index (κ1) is 17.9. The van der Waals surface area contributed by atoms with E-state index in [1.807, 2.05) is 13.0 Å². The summed E-state index contributed by atoms with van der Waals surface area (Å²) in [5.41, 5.74) is 0.778. The molecule has 0 amide bonds. The lowest BCUT2D eigenvalue weighted by Crippen LogP contribution is -2.47. The van der Waals surface area contributed by atoms with Crippen molar-refractivity contribution in [1.29, 1.82) is 0 Å². The molecule has 124 valence electrons. The Kier molecular flexibility index (Phi) is 6.01. The molecular formula is C15H23BrN2O3S. The topological polar surface area (TPSA) is 67.4 Å². The van der Waals surface area contributed by atoms with Crippen LogP contribution in [0.5, 0.6) is 0 Å². The lowest BCUT2D eigenvalue weighted by molar-refractivity contribution is 0.0577. The molecule has 1 aromatic rings. The fraction of sp³-hybridized carbons (Fsp3) is 0.600. The number of hydrogen-bond donors (Lipinski definition) is 2. The maximum absolute atomic E-state index is 12.6. The molecule has 1 aliphatic rings. The van der Waals surface area contributed by atoms with Crippen LogP contribution in [-0.2, 0) is 14.8 Å². The summed E-state index contributed by atoms with van der Waals surface area (Å²) in [6.07, 6.45) is 1.80. The van der Waals surface area contributed by atoms with Crippen molar-refractivity contribution in [3.05, 3.63) is 28.2 Å². The Balaban J connectivity index is 2.15. The standard InChI is InChI=1S/C15H23BrN2O3S/c1-12-3-4-13(16)14(9-12)22(19,20)18-10-15(11-21-2)5-7-17-8-6-15/h3-4,9,17-18H,5-8,10-11H2,1-2H3. The monoisotopic (exact) mass is 390 g/mol. The number of halogens is 1. The molecule has 1 aromatic carbocycles. The van der Waals surface area contributed by atoms with Crippen molar-refractivity contribution >= 4 is 26.0 Å². The van der Waals surface area contributed by atoms with Crippen LogP contribution < -0.4 is 10.0 Å². The van der Waals surface area contributed by atoms with E-state index in [4.69, 9.17) is 4.74 Å². The third-order valence-corrected chi connectivity index (χ3v) is 6.52. The van der Waals surface area contributed by atoms with E-state index in [2.05, 4.69) is 26.0 Å². The first-order valence-electron chi connectivity index (χ1n) is 7.34. The van der Waals surface area contributed by atoms with E-state index >= 15 is 0 Å². The molecule has 1 fully saturated rings. The highest BCUT2D eigenvalue weighted by Crippen LogP contribution is 2.29. The van der Waals surface area contributed by atoms with Crippen LogP contribution in [0, 0.1) is 12.3 Å². The molecule has 1 aliphatic heterocycles. The second-order valence-corrected chi connectivity index (χ2v) is 8.53. The maximum atomic E-state index is 12.6. The summed E-state index contributed by atoms with van der Waals surface area (Å²) >= 11 is 3.32. The second kappa shape index (κ2) is 7.40. The van der Waals surface area contributed by atoms with Crippen LogP contribution in [0.2, 0.25) is 0 Å². The van der Waals surface area contributed by atoms with Crippen molar-refractivity contribution in [2.75, 3.05) is 33.4 Å². The third kappa shape index (κ3) is 4.29. The minimum atomic E-state index is -3.54. The molecule has 0 atom stereocenters. The first-order valence-corrected chi connectivity index (χ1v) is 9.62. The molecule has 2 rings (SSSR count). The number of piperidine rings is 1. The Labute approximate surface area is 141 Å². The van der Waals surface area contributed by atoms with Crippen molar-refractivity contribution in [1.82, 2.24) is 10.0 Å². The maximum Gasteiger partial charge on any atom is 0.241 e. The number of nitrogens with one attached hydrogen (secondary N) is 2. The minimum absolute atomic E-state index is 0.136. The van der Waals surface area contributed by atoms with Gasteiger partial charge in [0.15, 0.2) is 0 Å². The van der Waals surface area contributed by atoms with Gasteiger partial charge in [0.25, 0.3) is 0 Å². The number of aryl methyl sites for hydroxylation is 1. The second-order valence-electron chi connectivity index (χ2n) is 5.94. The number of ether oxygens (including phenoxy) is 1. The molecule has 1 heterocycles. The molecule has 2 N–H and O–H groups in total. The van der Waals surface area contributed by atoms with Gasteiger partial charge in [0, 0.05) is 23.5 Å². The number of hydrogen-bond acceptors (Lipinski definition) is 4. The van der Waals surface area contributed by atoms with Gasteiger partial charge < -0.3 is 10.1 Å². The number of benzene rings is 1. The predicted molar refractivity (Wildman–Crippen MR) is 90.5 cm³/mol. The van der Waals surface area contributed by atoms with Crippen LogP contribution in [-0.4, -0.2) is 41.8 Å². The summed E-state index contributed by atoms with van der Waals surface area (Å²) in [7, 11) is -1.88. The van der Waals surface area contributed by atoms with Gasteiger partial charge in [-0.3, -0.25) is 0 Å². The number of rotatable bonds is 6. The molecular weight excluding hydrogens is 368 g/mol. The van der Waals surface area contributed by atoms with Crippen molar-refractivity contribution in [2.45, 2.75) is 24.7 Å². The molecule has 0 bridgehead atoms.